The van der Waals surface area contributed by atoms with Gasteiger partial charge in [-0.1, -0.05) is 25.7 Å². The summed E-state index contributed by atoms with van der Waals surface area (Å²) >= 11 is 0. The molecule has 0 aliphatic carbocycles. The summed E-state index contributed by atoms with van der Waals surface area (Å²) in [5, 5.41) is 8.74. The average molecular weight is 329 g/mol. The molecule has 0 unspecified atom stereocenters. The first-order valence-corrected chi connectivity index (χ1v) is 3.40. The Kier molecular flexibility index (Phi) is 4.13. The van der Waals surface area contributed by atoms with Gasteiger partial charge >= 0.3 is 0 Å². The molecular formula is C9H9N2W-. The van der Waals surface area contributed by atoms with Gasteiger partial charge in [0.15, 0.2) is 0 Å². The molecule has 0 spiro atoms. The number of hydrogen-bond donors (Lipinski definition) is 0. The Labute approximate surface area is 86.9 Å². The molecule has 0 aromatic carbocycles. The van der Waals surface area contributed by atoms with E-state index in [4.69, 9.17) is 5.26 Å². The number of nitrogens with zero attached hydrogens (tertiary/aromatic N) is 2. The van der Waals surface area contributed by atoms with Crippen LogP contribution in [0.5, 0.6) is 0 Å². The van der Waals surface area contributed by atoms with Crippen molar-refractivity contribution in [2.24, 2.45) is 0 Å². The van der Waals surface area contributed by atoms with Crippen molar-refractivity contribution in [1.82, 2.24) is 4.98 Å². The van der Waals surface area contributed by atoms with E-state index >= 15 is 0 Å². The molecule has 2 nitrogen and oxygen atoms in total. The van der Waals surface area contributed by atoms with E-state index in [1.54, 1.807) is 18.3 Å². The molecule has 0 aliphatic heterocycles. The minimum atomic E-state index is -0.502. The van der Waals surface area contributed by atoms with Crippen LogP contribution in [0.4, 0.5) is 0 Å². The van der Waals surface area contributed by atoms with Crippen LogP contribution in [0.25, 0.3) is 0 Å². The maximum Gasteiger partial charge on any atom is 0.0619 e. The van der Waals surface area contributed by atoms with Gasteiger partial charge in [-0.2, -0.15) is 23.5 Å². The molecule has 0 fully saturated rings. The van der Waals surface area contributed by atoms with Gasteiger partial charge in [0, 0.05) is 26.5 Å². The molecule has 0 saturated heterocycles. The first kappa shape index (κ1) is 11.3. The molecule has 0 saturated carbocycles. The molecule has 0 radical (unpaired) electrons. The van der Waals surface area contributed by atoms with E-state index in [2.05, 4.69) is 17.1 Å². The van der Waals surface area contributed by atoms with E-state index in [9.17, 15) is 0 Å². The molecule has 1 aromatic rings. The predicted molar refractivity (Wildman–Crippen MR) is 41.7 cm³/mol. The van der Waals surface area contributed by atoms with Crippen molar-refractivity contribution < 1.29 is 21.1 Å². The van der Waals surface area contributed by atoms with Gasteiger partial charge in [-0.25, -0.2) is 0 Å². The van der Waals surface area contributed by atoms with Crippen LogP contribution in [0.15, 0.2) is 18.3 Å². The fourth-order valence-electron chi connectivity index (χ4n) is 0.724. The van der Waals surface area contributed by atoms with Gasteiger partial charge in [-0.05, 0) is 0 Å². The molecule has 0 aliphatic rings. The van der Waals surface area contributed by atoms with Crippen LogP contribution in [0.1, 0.15) is 19.5 Å². The quantitative estimate of drug-likeness (QED) is 0.735. The Morgan fingerprint density at radius 2 is 2.25 bits per heavy atom. The second-order valence-electron chi connectivity index (χ2n) is 2.88. The van der Waals surface area contributed by atoms with Crippen molar-refractivity contribution in [2.75, 3.05) is 0 Å². The maximum atomic E-state index is 8.74. The summed E-state index contributed by atoms with van der Waals surface area (Å²) in [4.78, 5) is 4.07. The van der Waals surface area contributed by atoms with Gasteiger partial charge in [-0.15, -0.1) is 0 Å². The third-order valence-electron chi connectivity index (χ3n) is 1.52. The first-order chi connectivity index (χ1) is 5.17. The van der Waals surface area contributed by atoms with E-state index in [1.807, 2.05) is 13.8 Å². The van der Waals surface area contributed by atoms with Gasteiger partial charge in [0.1, 0.15) is 0 Å². The summed E-state index contributed by atoms with van der Waals surface area (Å²) in [6.07, 6.45) is 1.65. The normalized spacial score (nSPS) is 9.75. The zero-order chi connectivity index (χ0) is 8.32. The zero-order valence-electron chi connectivity index (χ0n) is 7.03. The van der Waals surface area contributed by atoms with E-state index in [1.165, 1.54) is 0 Å². The van der Waals surface area contributed by atoms with Gasteiger partial charge in [0.05, 0.1) is 6.07 Å². The molecule has 1 rings (SSSR count). The van der Waals surface area contributed by atoms with Crippen LogP contribution in [0, 0.1) is 17.4 Å². The van der Waals surface area contributed by atoms with Crippen LogP contribution in [0.2, 0.25) is 0 Å². The summed E-state index contributed by atoms with van der Waals surface area (Å²) in [7, 11) is 0. The second-order valence-corrected chi connectivity index (χ2v) is 2.88. The Hall–Kier alpha value is -0.672. The van der Waals surface area contributed by atoms with Crippen LogP contribution < -0.4 is 0 Å². The summed E-state index contributed by atoms with van der Waals surface area (Å²) < 4.78 is 0. The minimum Gasteiger partial charge on any atom is -0.386 e. The van der Waals surface area contributed by atoms with Crippen molar-refractivity contribution in [3.8, 4) is 6.07 Å². The number of aromatic nitrogens is 1. The standard InChI is InChI=1S/C9H9N2.W/c1-9(2,7-10)8-5-3-4-6-11-8;/h4-6H,1-2H3;/q-1;. The van der Waals surface area contributed by atoms with Crippen LogP contribution in [-0.2, 0) is 26.5 Å². The fourth-order valence-corrected chi connectivity index (χ4v) is 0.724. The van der Waals surface area contributed by atoms with Crippen molar-refractivity contribution >= 4 is 0 Å². The summed E-state index contributed by atoms with van der Waals surface area (Å²) in [6, 6.07) is 8.52. The third-order valence-corrected chi connectivity index (χ3v) is 1.52. The summed E-state index contributed by atoms with van der Waals surface area (Å²) in [6.45, 7) is 3.67. The summed E-state index contributed by atoms with van der Waals surface area (Å²) in [5.41, 5.74) is 0.264. The molecule has 0 bridgehead atoms. The van der Waals surface area contributed by atoms with Crippen LogP contribution in [-0.4, -0.2) is 4.98 Å². The van der Waals surface area contributed by atoms with E-state index < -0.39 is 5.41 Å². The largest absolute Gasteiger partial charge is 0.386 e. The molecule has 0 amide bonds. The number of rotatable bonds is 1. The van der Waals surface area contributed by atoms with Crippen molar-refractivity contribution in [3.05, 3.63) is 30.1 Å². The number of hydrogen-bond acceptors (Lipinski definition) is 2. The fraction of sp³-hybridized carbons (Fsp3) is 0.333. The van der Waals surface area contributed by atoms with Crippen LogP contribution >= 0.6 is 0 Å². The molecule has 3 heteroatoms. The topological polar surface area (TPSA) is 36.7 Å². The number of nitriles is 1. The van der Waals surface area contributed by atoms with Gasteiger partial charge in [0.2, 0.25) is 0 Å². The Balaban J connectivity index is 0.00000121. The van der Waals surface area contributed by atoms with Crippen molar-refractivity contribution in [1.29, 1.82) is 5.26 Å². The second kappa shape index (κ2) is 4.38. The first-order valence-electron chi connectivity index (χ1n) is 3.40. The third kappa shape index (κ3) is 2.43. The molecule has 62 valence electrons. The Morgan fingerprint density at radius 3 is 2.67 bits per heavy atom. The predicted octanol–water partition coefficient (Wildman–Crippen LogP) is 1.68. The van der Waals surface area contributed by atoms with Crippen LogP contribution in [0.3, 0.4) is 0 Å². The van der Waals surface area contributed by atoms with E-state index in [0.29, 0.717) is 0 Å². The van der Waals surface area contributed by atoms with E-state index in [0.717, 1.165) is 5.69 Å². The van der Waals surface area contributed by atoms with Gasteiger partial charge < -0.3 is 4.98 Å². The molecular weight excluding hydrogens is 320 g/mol. The molecule has 0 atom stereocenters. The molecule has 1 aromatic heterocycles. The maximum absolute atomic E-state index is 8.74. The van der Waals surface area contributed by atoms with Gasteiger partial charge in [0.25, 0.3) is 0 Å². The van der Waals surface area contributed by atoms with Crippen molar-refractivity contribution in [2.45, 2.75) is 19.3 Å². The number of pyridine rings is 1. The van der Waals surface area contributed by atoms with Gasteiger partial charge in [-0.3, -0.25) is 0 Å². The monoisotopic (exact) mass is 329 g/mol. The molecule has 0 N–H and O–H groups in total. The van der Waals surface area contributed by atoms with E-state index in [-0.39, 0.29) is 21.1 Å². The summed E-state index contributed by atoms with van der Waals surface area (Å²) in [5.74, 6) is 0. The molecule has 12 heavy (non-hydrogen) atoms. The SMILES string of the molecule is CC(C)(C#N)c1c[c-]ccn1.[W]. The minimum absolute atomic E-state index is 0. The average Bonchev–Trinajstić information content (AvgIpc) is 2.06. The van der Waals surface area contributed by atoms with Crippen molar-refractivity contribution in [3.63, 3.8) is 0 Å². The molecule has 1 heterocycles. The smallest absolute Gasteiger partial charge is 0.0619 e. The Bertz CT molecular complexity index is 274. The zero-order valence-corrected chi connectivity index (χ0v) is 9.97. The Morgan fingerprint density at radius 1 is 1.58 bits per heavy atom.